The summed E-state index contributed by atoms with van der Waals surface area (Å²) in [5.41, 5.74) is 2.72. The van der Waals surface area contributed by atoms with Crippen LogP contribution >= 0.6 is 11.6 Å². The Hall–Kier alpha value is -1.88. The number of halogens is 1. The molecule has 1 aliphatic heterocycles. The van der Waals surface area contributed by atoms with Gasteiger partial charge in [-0.15, -0.1) is 0 Å². The first-order valence-electron chi connectivity index (χ1n) is 9.93. The summed E-state index contributed by atoms with van der Waals surface area (Å²) < 4.78 is 0. The van der Waals surface area contributed by atoms with Crippen molar-refractivity contribution in [2.45, 2.75) is 58.8 Å². The second-order valence-corrected chi connectivity index (χ2v) is 7.80. The Morgan fingerprint density at radius 3 is 2.30 bits per heavy atom. The lowest BCUT2D eigenvalue weighted by Crippen LogP contribution is -2.34. The first-order valence-corrected chi connectivity index (χ1v) is 10.3. The molecule has 3 amide bonds. The quantitative estimate of drug-likeness (QED) is 0.747. The van der Waals surface area contributed by atoms with Crippen LogP contribution in [0, 0.1) is 11.8 Å². The molecule has 146 valence electrons. The third kappa shape index (κ3) is 3.88. The maximum Gasteiger partial charge on any atom is 0.233 e. The van der Waals surface area contributed by atoms with Crippen LogP contribution in [0.15, 0.2) is 12.1 Å². The first kappa shape index (κ1) is 19.9. The maximum atomic E-state index is 12.5. The molecule has 2 aliphatic rings. The van der Waals surface area contributed by atoms with E-state index >= 15 is 0 Å². The molecule has 0 spiro atoms. The number of amides is 3. The van der Waals surface area contributed by atoms with Crippen molar-refractivity contribution >= 4 is 35.0 Å². The molecule has 2 fully saturated rings. The highest BCUT2D eigenvalue weighted by Crippen LogP contribution is 2.38. The third-order valence-electron chi connectivity index (χ3n) is 5.84. The summed E-state index contributed by atoms with van der Waals surface area (Å²) in [6.45, 7) is 4.18. The molecule has 5 nitrogen and oxygen atoms in total. The molecule has 27 heavy (non-hydrogen) atoms. The molecule has 1 saturated carbocycles. The normalized spacial score (nSPS) is 22.1. The van der Waals surface area contributed by atoms with Gasteiger partial charge in [-0.2, -0.15) is 0 Å². The fourth-order valence-electron chi connectivity index (χ4n) is 4.33. The fourth-order valence-corrected chi connectivity index (χ4v) is 4.62. The fraction of sp³-hybridized carbons (Fsp3) is 0.571. The molecule has 1 aliphatic carbocycles. The van der Waals surface area contributed by atoms with Crippen molar-refractivity contribution in [3.05, 3.63) is 28.3 Å². The summed E-state index contributed by atoms with van der Waals surface area (Å²) in [4.78, 5) is 38.9. The zero-order valence-electron chi connectivity index (χ0n) is 16.0. The van der Waals surface area contributed by atoms with E-state index in [0.717, 1.165) is 55.3 Å². The van der Waals surface area contributed by atoms with Gasteiger partial charge in [-0.1, -0.05) is 44.4 Å². The van der Waals surface area contributed by atoms with Crippen LogP contribution in [0.3, 0.4) is 0 Å². The second-order valence-electron chi connectivity index (χ2n) is 7.39. The number of carbonyl (C=O) groups excluding carboxylic acids is 3. The molecular weight excluding hydrogens is 364 g/mol. The third-order valence-corrected chi connectivity index (χ3v) is 6.19. The van der Waals surface area contributed by atoms with Gasteiger partial charge in [0.25, 0.3) is 0 Å². The van der Waals surface area contributed by atoms with E-state index in [1.54, 1.807) is 0 Å². The highest BCUT2D eigenvalue weighted by atomic mass is 35.5. The smallest absolute Gasteiger partial charge is 0.233 e. The Morgan fingerprint density at radius 2 is 1.74 bits per heavy atom. The summed E-state index contributed by atoms with van der Waals surface area (Å²) in [5.74, 6) is -0.717. The number of imide groups is 1. The molecule has 1 aromatic rings. The van der Waals surface area contributed by atoms with E-state index in [-0.39, 0.29) is 42.5 Å². The van der Waals surface area contributed by atoms with E-state index in [2.05, 4.69) is 5.32 Å². The average molecular weight is 391 g/mol. The van der Waals surface area contributed by atoms with E-state index in [9.17, 15) is 14.4 Å². The van der Waals surface area contributed by atoms with Crippen molar-refractivity contribution in [1.29, 1.82) is 0 Å². The lowest BCUT2D eigenvalue weighted by Gasteiger charge is -2.19. The highest BCUT2D eigenvalue weighted by molar-refractivity contribution is 6.32. The van der Waals surface area contributed by atoms with Crippen LogP contribution in [0.5, 0.6) is 0 Å². The van der Waals surface area contributed by atoms with Crippen LogP contribution in [-0.2, 0) is 27.2 Å². The maximum absolute atomic E-state index is 12.5. The molecule has 1 saturated heterocycles. The number of rotatable bonds is 6. The monoisotopic (exact) mass is 390 g/mol. The van der Waals surface area contributed by atoms with Gasteiger partial charge in [0.2, 0.25) is 17.7 Å². The van der Waals surface area contributed by atoms with Gasteiger partial charge in [0, 0.05) is 23.7 Å². The zero-order valence-corrected chi connectivity index (χ0v) is 16.8. The predicted octanol–water partition coefficient (Wildman–Crippen LogP) is 3.97. The minimum Gasteiger partial charge on any atom is -0.325 e. The van der Waals surface area contributed by atoms with Crippen LogP contribution < -0.4 is 5.32 Å². The van der Waals surface area contributed by atoms with Gasteiger partial charge < -0.3 is 5.32 Å². The van der Waals surface area contributed by atoms with E-state index in [4.69, 9.17) is 11.6 Å². The molecule has 1 aromatic carbocycles. The average Bonchev–Trinajstić information content (AvgIpc) is 2.91. The van der Waals surface area contributed by atoms with Crippen molar-refractivity contribution in [2.75, 3.05) is 11.9 Å². The topological polar surface area (TPSA) is 66.5 Å². The standard InChI is InChI=1S/C21H27ClN2O3/c1-3-13-9-10-17(22)14(4-2)19(13)23-18(25)11-12-24-20(26)15-7-5-6-8-16(15)21(24)27/h9-10,15-16H,3-8,11-12H2,1-2H3,(H,23,25)/t15-,16-/m0/s1. The molecule has 0 bridgehead atoms. The number of nitrogens with one attached hydrogen (secondary N) is 1. The summed E-state index contributed by atoms with van der Waals surface area (Å²) in [6, 6.07) is 3.79. The molecule has 0 radical (unpaired) electrons. The molecule has 0 unspecified atom stereocenters. The molecule has 1 N–H and O–H groups in total. The van der Waals surface area contributed by atoms with Gasteiger partial charge in [-0.25, -0.2) is 0 Å². The Balaban J connectivity index is 1.66. The van der Waals surface area contributed by atoms with Gasteiger partial charge in [0.1, 0.15) is 0 Å². The van der Waals surface area contributed by atoms with Crippen LogP contribution in [0.2, 0.25) is 5.02 Å². The predicted molar refractivity (Wildman–Crippen MR) is 106 cm³/mol. The van der Waals surface area contributed by atoms with Gasteiger partial charge in [-0.05, 0) is 42.9 Å². The number of likely N-dealkylation sites (tertiary alicyclic amines) is 1. The summed E-state index contributed by atoms with van der Waals surface area (Å²) in [5, 5.41) is 3.60. The van der Waals surface area contributed by atoms with Crippen LogP contribution in [0.4, 0.5) is 5.69 Å². The minimum absolute atomic E-state index is 0.0937. The van der Waals surface area contributed by atoms with E-state index in [1.807, 2.05) is 26.0 Å². The molecular formula is C21H27ClN2O3. The van der Waals surface area contributed by atoms with Crippen molar-refractivity contribution in [3.8, 4) is 0 Å². The summed E-state index contributed by atoms with van der Waals surface area (Å²) >= 11 is 6.28. The zero-order chi connectivity index (χ0) is 19.6. The van der Waals surface area contributed by atoms with Gasteiger partial charge >= 0.3 is 0 Å². The summed E-state index contributed by atoms with van der Waals surface area (Å²) in [6.07, 6.45) is 5.20. The van der Waals surface area contributed by atoms with E-state index in [1.165, 1.54) is 4.90 Å². The molecule has 6 heteroatoms. The number of hydrogen-bond donors (Lipinski definition) is 1. The van der Waals surface area contributed by atoms with Crippen molar-refractivity contribution in [2.24, 2.45) is 11.8 Å². The molecule has 0 aromatic heterocycles. The lowest BCUT2D eigenvalue weighted by molar-refractivity contribution is -0.140. The number of fused-ring (bicyclic) bond motifs is 1. The minimum atomic E-state index is -0.197. The van der Waals surface area contributed by atoms with E-state index < -0.39 is 0 Å². The Morgan fingerprint density at radius 1 is 1.11 bits per heavy atom. The number of carbonyl (C=O) groups is 3. The van der Waals surface area contributed by atoms with Crippen LogP contribution in [-0.4, -0.2) is 29.2 Å². The van der Waals surface area contributed by atoms with Crippen LogP contribution in [0.25, 0.3) is 0 Å². The number of benzene rings is 1. The molecule has 2 atom stereocenters. The largest absolute Gasteiger partial charge is 0.325 e. The highest BCUT2D eigenvalue weighted by Gasteiger charge is 2.47. The van der Waals surface area contributed by atoms with Crippen molar-refractivity contribution in [3.63, 3.8) is 0 Å². The van der Waals surface area contributed by atoms with Crippen molar-refractivity contribution < 1.29 is 14.4 Å². The number of hydrogen-bond acceptors (Lipinski definition) is 3. The van der Waals surface area contributed by atoms with Gasteiger partial charge in [0.05, 0.1) is 11.8 Å². The van der Waals surface area contributed by atoms with Gasteiger partial charge in [-0.3, -0.25) is 19.3 Å². The molecule has 1 heterocycles. The second kappa shape index (κ2) is 8.42. The first-order chi connectivity index (χ1) is 13.0. The Labute approximate surface area is 165 Å². The van der Waals surface area contributed by atoms with Crippen molar-refractivity contribution in [1.82, 2.24) is 4.90 Å². The van der Waals surface area contributed by atoms with E-state index in [0.29, 0.717) is 5.02 Å². The molecule has 3 rings (SSSR count). The van der Waals surface area contributed by atoms with Gasteiger partial charge in [0.15, 0.2) is 0 Å². The Bertz CT molecular complexity index is 738. The SMILES string of the molecule is CCc1ccc(Cl)c(CC)c1NC(=O)CCN1C(=O)[C@H]2CCCC[C@@H]2C1=O. The van der Waals surface area contributed by atoms with Crippen LogP contribution in [0.1, 0.15) is 57.1 Å². The number of nitrogens with zero attached hydrogens (tertiary/aromatic N) is 1. The lowest BCUT2D eigenvalue weighted by atomic mass is 9.81. The number of aryl methyl sites for hydroxylation is 1. The Kier molecular flexibility index (Phi) is 6.20. The number of anilines is 1. The summed E-state index contributed by atoms with van der Waals surface area (Å²) in [7, 11) is 0.